The van der Waals surface area contributed by atoms with Crippen molar-refractivity contribution < 1.29 is 14.4 Å². The molecule has 0 unspecified atom stereocenters. The fourth-order valence-corrected chi connectivity index (χ4v) is 1.92. The average Bonchev–Trinajstić information content (AvgIpc) is 2.38. The number of hydrogen-bond acceptors (Lipinski definition) is 1. The number of allylic oxidation sites excluding steroid dienone is 1. The monoisotopic (exact) mass is 276 g/mol. The zero-order valence-corrected chi connectivity index (χ0v) is 11.5. The van der Waals surface area contributed by atoms with Crippen molar-refractivity contribution >= 4 is 25.1 Å². The molecule has 0 heterocycles. The molecule has 0 aliphatic heterocycles. The summed E-state index contributed by atoms with van der Waals surface area (Å²) in [5, 5.41) is 2.53. The van der Waals surface area contributed by atoms with Crippen molar-refractivity contribution in [2.45, 2.75) is 6.42 Å². The molecule has 0 amide bonds. The summed E-state index contributed by atoms with van der Waals surface area (Å²) in [5.41, 5.74) is 2.52. The number of rotatable bonds is 3. The molecule has 19 heavy (non-hydrogen) atoms. The molecule has 4 heteroatoms. The van der Waals surface area contributed by atoms with Crippen molar-refractivity contribution in [1.29, 1.82) is 0 Å². The van der Waals surface area contributed by atoms with Crippen LogP contribution in [0, 0.1) is 0 Å². The lowest BCUT2D eigenvalue weighted by atomic mass is 9.97. The molecule has 0 spiro atoms. The molecule has 2 rings (SSSR count). The van der Waals surface area contributed by atoms with E-state index in [4.69, 9.17) is 14.4 Å². The zero-order valence-electron chi connectivity index (χ0n) is 10.5. The predicted octanol–water partition coefficient (Wildman–Crippen LogP) is 3.57. The largest absolute Gasteiger partial charge is 0.326 e. The highest BCUT2D eigenvalue weighted by Gasteiger charge is 2.02. The van der Waals surface area contributed by atoms with Gasteiger partial charge < -0.3 is 9.79 Å². The van der Waals surface area contributed by atoms with E-state index in [1.165, 1.54) is 21.9 Å². The summed E-state index contributed by atoms with van der Waals surface area (Å²) in [6, 6.07) is 12.7. The van der Waals surface area contributed by atoms with Crippen LogP contribution in [0.4, 0.5) is 0 Å². The second kappa shape index (κ2) is 7.70. The van der Waals surface area contributed by atoms with E-state index in [1.54, 1.807) is 0 Å². The van der Waals surface area contributed by atoms with Crippen LogP contribution in [0.2, 0.25) is 0 Å². The van der Waals surface area contributed by atoms with E-state index in [2.05, 4.69) is 49.6 Å². The summed E-state index contributed by atoms with van der Waals surface area (Å²) in [6.07, 6.45) is 4.75. The Labute approximate surface area is 113 Å². The third kappa shape index (κ3) is 4.49. The quantitative estimate of drug-likeness (QED) is 0.665. The summed E-state index contributed by atoms with van der Waals surface area (Å²) in [6.45, 7) is 7.67. The first-order valence-corrected chi connectivity index (χ1v) is 7.06. The maximum Gasteiger partial charge on any atom is 0.314 e. The van der Waals surface area contributed by atoms with E-state index in [1.807, 2.05) is 12.2 Å². The van der Waals surface area contributed by atoms with Crippen LogP contribution in [0.15, 0.2) is 55.6 Å². The lowest BCUT2D eigenvalue weighted by Gasteiger charge is -2.07. The molecule has 0 aliphatic rings. The summed E-state index contributed by atoms with van der Waals surface area (Å²) >= 11 is 0. The van der Waals surface area contributed by atoms with E-state index < -0.39 is 8.25 Å². The average molecular weight is 276 g/mol. The van der Waals surface area contributed by atoms with Crippen molar-refractivity contribution in [3.8, 4) is 0 Å². The van der Waals surface area contributed by atoms with Crippen molar-refractivity contribution in [2.24, 2.45) is 0 Å². The lowest BCUT2D eigenvalue weighted by Crippen LogP contribution is -1.88. The molecule has 0 saturated heterocycles. The molecule has 0 aromatic heterocycles. The van der Waals surface area contributed by atoms with Gasteiger partial charge in [-0.2, -0.15) is 0 Å². The van der Waals surface area contributed by atoms with Crippen molar-refractivity contribution in [1.82, 2.24) is 0 Å². The first-order valence-electron chi connectivity index (χ1n) is 5.76. The van der Waals surface area contributed by atoms with Crippen LogP contribution in [-0.2, 0) is 11.0 Å². The van der Waals surface area contributed by atoms with E-state index >= 15 is 0 Å². The molecule has 0 saturated carbocycles. The fourth-order valence-electron chi connectivity index (χ4n) is 1.92. The molecule has 0 radical (unpaired) electrons. The van der Waals surface area contributed by atoms with E-state index in [9.17, 15) is 0 Å². The number of hydrogen-bond donors (Lipinski definition) is 2. The van der Waals surface area contributed by atoms with Gasteiger partial charge in [-0.25, -0.2) is 0 Å². The topological polar surface area (TPSA) is 57.5 Å². The molecule has 0 fully saturated rings. The Kier molecular flexibility index (Phi) is 6.23. The van der Waals surface area contributed by atoms with Gasteiger partial charge in [0.25, 0.3) is 0 Å². The normalized spacial score (nSPS) is 9.84. The van der Waals surface area contributed by atoms with Crippen LogP contribution < -0.4 is 0 Å². The van der Waals surface area contributed by atoms with Crippen LogP contribution in [0.1, 0.15) is 11.1 Å². The van der Waals surface area contributed by atoms with Gasteiger partial charge in [0.15, 0.2) is 0 Å². The van der Waals surface area contributed by atoms with Gasteiger partial charge in [-0.05, 0) is 28.3 Å². The Morgan fingerprint density at radius 3 is 2.32 bits per heavy atom. The smallest absolute Gasteiger partial charge is 0.314 e. The van der Waals surface area contributed by atoms with Crippen LogP contribution in [-0.4, -0.2) is 9.79 Å². The van der Waals surface area contributed by atoms with Gasteiger partial charge >= 0.3 is 8.25 Å². The molecule has 100 valence electrons. The number of benzene rings is 2. The second-order valence-corrected chi connectivity index (χ2v) is 4.40. The van der Waals surface area contributed by atoms with Gasteiger partial charge in [0.2, 0.25) is 0 Å². The summed E-state index contributed by atoms with van der Waals surface area (Å²) < 4.78 is 8.74. The maximum atomic E-state index is 8.74. The van der Waals surface area contributed by atoms with Crippen LogP contribution >= 0.6 is 8.25 Å². The SMILES string of the molecule is C=CCc1ccc2ccccc2c1C=C.O=[PH](O)O. The van der Waals surface area contributed by atoms with Gasteiger partial charge in [-0.15, -0.1) is 6.58 Å². The molecule has 0 atom stereocenters. The van der Waals surface area contributed by atoms with Crippen molar-refractivity contribution in [3.63, 3.8) is 0 Å². The molecule has 0 aliphatic carbocycles. The van der Waals surface area contributed by atoms with Gasteiger partial charge in [0.05, 0.1) is 0 Å². The fraction of sp³-hybridized carbons (Fsp3) is 0.0667. The van der Waals surface area contributed by atoms with Gasteiger partial charge in [-0.1, -0.05) is 55.1 Å². The molecular weight excluding hydrogens is 259 g/mol. The van der Waals surface area contributed by atoms with Crippen LogP contribution in [0.5, 0.6) is 0 Å². The lowest BCUT2D eigenvalue weighted by molar-refractivity contribution is 0.405. The minimum atomic E-state index is -3.13. The van der Waals surface area contributed by atoms with Gasteiger partial charge in [0, 0.05) is 0 Å². The summed E-state index contributed by atoms with van der Waals surface area (Å²) in [4.78, 5) is 14.3. The van der Waals surface area contributed by atoms with E-state index in [0.717, 1.165) is 6.42 Å². The highest BCUT2D eigenvalue weighted by atomic mass is 31.1. The minimum absolute atomic E-state index is 0.895. The zero-order chi connectivity index (χ0) is 14.3. The molecule has 2 N–H and O–H groups in total. The predicted molar refractivity (Wildman–Crippen MR) is 81.4 cm³/mol. The summed E-state index contributed by atoms with van der Waals surface area (Å²) in [5.74, 6) is 0. The number of fused-ring (bicyclic) bond motifs is 1. The Bertz CT molecular complexity index is 601. The first-order chi connectivity index (χ1) is 9.10. The van der Waals surface area contributed by atoms with Gasteiger partial charge in [-0.3, -0.25) is 4.57 Å². The molecular formula is C15H17O3P. The van der Waals surface area contributed by atoms with Crippen molar-refractivity contribution in [3.05, 3.63) is 66.8 Å². The second-order valence-electron chi connectivity index (χ2n) is 3.84. The molecule has 3 nitrogen and oxygen atoms in total. The summed E-state index contributed by atoms with van der Waals surface area (Å²) in [7, 11) is -3.13. The minimum Gasteiger partial charge on any atom is -0.326 e. The van der Waals surface area contributed by atoms with Gasteiger partial charge in [0.1, 0.15) is 0 Å². The Hall–Kier alpha value is -1.67. The van der Waals surface area contributed by atoms with E-state index in [-0.39, 0.29) is 0 Å². The Morgan fingerprint density at radius 1 is 1.11 bits per heavy atom. The molecule has 0 bridgehead atoms. The highest BCUT2D eigenvalue weighted by Crippen LogP contribution is 2.23. The van der Waals surface area contributed by atoms with E-state index in [0.29, 0.717) is 0 Å². The standard InChI is InChI=1S/C15H14.H3O3P/c1-3-7-12-10-11-13-8-5-6-9-15(13)14(12)4-2;1-4(2)3/h3-6,8-11H,1-2,7H2;4H,(H2,1,2,3). The molecule has 2 aromatic carbocycles. The first kappa shape index (κ1) is 15.4. The third-order valence-corrected chi connectivity index (χ3v) is 2.63. The highest BCUT2D eigenvalue weighted by molar-refractivity contribution is 7.30. The Morgan fingerprint density at radius 2 is 1.74 bits per heavy atom. The maximum absolute atomic E-state index is 8.74. The van der Waals surface area contributed by atoms with Crippen LogP contribution in [0.25, 0.3) is 16.8 Å². The molecule has 2 aromatic rings. The Balaban J connectivity index is 0.000000399. The van der Waals surface area contributed by atoms with Crippen LogP contribution in [0.3, 0.4) is 0 Å². The third-order valence-electron chi connectivity index (χ3n) is 2.63. The van der Waals surface area contributed by atoms with Crippen molar-refractivity contribution in [2.75, 3.05) is 0 Å².